The summed E-state index contributed by atoms with van der Waals surface area (Å²) in [4.78, 5) is 6.95. The van der Waals surface area contributed by atoms with E-state index in [-0.39, 0.29) is 10.6 Å². The molecular weight excluding hydrogens is 264 g/mol. The van der Waals surface area contributed by atoms with Crippen LogP contribution in [0.4, 0.5) is 0 Å². The van der Waals surface area contributed by atoms with Crippen molar-refractivity contribution in [3.63, 3.8) is 0 Å². The first-order valence-electron chi connectivity index (χ1n) is 6.64. The summed E-state index contributed by atoms with van der Waals surface area (Å²) in [5, 5.41) is 3.47. The zero-order valence-corrected chi connectivity index (χ0v) is 12.5. The molecule has 0 unspecified atom stereocenters. The summed E-state index contributed by atoms with van der Waals surface area (Å²) in [6.45, 7) is 5.15. The third-order valence-corrected chi connectivity index (χ3v) is 5.80. The van der Waals surface area contributed by atoms with Crippen LogP contribution in [0.2, 0.25) is 0 Å². The third-order valence-electron chi connectivity index (χ3n) is 3.99. The summed E-state index contributed by atoms with van der Waals surface area (Å²) in [7, 11) is -1.50. The number of nitrogens with one attached hydrogen (secondary N) is 2. The molecule has 0 atom stereocenters. The average molecular weight is 286 g/mol. The van der Waals surface area contributed by atoms with Gasteiger partial charge >= 0.3 is 0 Å². The molecule has 0 spiro atoms. The minimum absolute atomic E-state index is 0.0363. The number of imidazole rings is 1. The van der Waals surface area contributed by atoms with Crippen LogP contribution in [0, 0.1) is 0 Å². The fourth-order valence-corrected chi connectivity index (χ4v) is 3.64. The van der Waals surface area contributed by atoms with Gasteiger partial charge in [-0.1, -0.05) is 6.92 Å². The number of aromatic amines is 1. The van der Waals surface area contributed by atoms with Gasteiger partial charge in [0, 0.05) is 25.0 Å². The largest absolute Gasteiger partial charge is 0.332 e. The predicted octanol–water partition coefficient (Wildman–Crippen LogP) is 0.735. The second kappa shape index (κ2) is 5.22. The summed E-state index contributed by atoms with van der Waals surface area (Å²) in [6, 6.07) is 0. The average Bonchev–Trinajstić information content (AvgIpc) is 2.89. The van der Waals surface area contributed by atoms with Crippen LogP contribution in [-0.2, 0) is 16.4 Å². The van der Waals surface area contributed by atoms with Crippen molar-refractivity contribution in [2.75, 3.05) is 20.1 Å². The molecule has 108 valence electrons. The van der Waals surface area contributed by atoms with E-state index in [4.69, 9.17) is 0 Å². The Hall–Kier alpha value is -0.920. The van der Waals surface area contributed by atoms with Crippen molar-refractivity contribution in [2.45, 2.75) is 43.7 Å². The smallest absolute Gasteiger partial charge is 0.260 e. The number of hydrogen-bond donors (Lipinski definition) is 2. The number of hydrogen-bond acceptors (Lipinski definition) is 4. The lowest BCUT2D eigenvalue weighted by Gasteiger charge is -2.38. The Morgan fingerprint density at radius 1 is 1.47 bits per heavy atom. The molecule has 6 nitrogen and oxygen atoms in total. The first-order chi connectivity index (χ1) is 8.91. The highest BCUT2D eigenvalue weighted by molar-refractivity contribution is 7.89. The Morgan fingerprint density at radius 3 is 2.58 bits per heavy atom. The van der Waals surface area contributed by atoms with Crippen LogP contribution < -0.4 is 5.32 Å². The van der Waals surface area contributed by atoms with Crippen molar-refractivity contribution in [1.29, 1.82) is 0 Å². The van der Waals surface area contributed by atoms with Crippen LogP contribution in [0.25, 0.3) is 0 Å². The van der Waals surface area contributed by atoms with E-state index in [1.165, 1.54) is 6.20 Å². The van der Waals surface area contributed by atoms with Crippen molar-refractivity contribution in [1.82, 2.24) is 19.6 Å². The maximum absolute atomic E-state index is 12.5. The molecule has 0 amide bonds. The quantitative estimate of drug-likeness (QED) is 0.855. The van der Waals surface area contributed by atoms with Gasteiger partial charge in [-0.2, -0.15) is 4.31 Å². The van der Waals surface area contributed by atoms with E-state index in [0.29, 0.717) is 25.3 Å². The Balaban J connectivity index is 2.14. The Kier molecular flexibility index (Phi) is 3.98. The minimum Gasteiger partial charge on any atom is -0.332 e. The fraction of sp³-hybridized carbons (Fsp3) is 0.750. The molecule has 2 N–H and O–H groups in total. The van der Waals surface area contributed by atoms with Crippen molar-refractivity contribution in [2.24, 2.45) is 0 Å². The SMILES string of the molecule is CCc1ncc(S(=O)(=O)N2CCC(C)(NC)CC2)[nH]1. The highest BCUT2D eigenvalue weighted by atomic mass is 32.2. The summed E-state index contributed by atoms with van der Waals surface area (Å²) in [5.41, 5.74) is 0.0363. The summed E-state index contributed by atoms with van der Waals surface area (Å²) >= 11 is 0. The van der Waals surface area contributed by atoms with Crippen LogP contribution in [0.15, 0.2) is 11.2 Å². The maximum atomic E-state index is 12.5. The zero-order valence-electron chi connectivity index (χ0n) is 11.7. The molecule has 1 aromatic heterocycles. The zero-order chi connectivity index (χ0) is 14.1. The van der Waals surface area contributed by atoms with Gasteiger partial charge < -0.3 is 10.3 Å². The van der Waals surface area contributed by atoms with E-state index in [9.17, 15) is 8.42 Å². The van der Waals surface area contributed by atoms with Gasteiger partial charge in [0.25, 0.3) is 10.0 Å². The van der Waals surface area contributed by atoms with Crippen LogP contribution in [0.5, 0.6) is 0 Å². The summed E-state index contributed by atoms with van der Waals surface area (Å²) in [5.74, 6) is 0.704. The van der Waals surface area contributed by atoms with Crippen LogP contribution >= 0.6 is 0 Å². The van der Waals surface area contributed by atoms with E-state index in [1.54, 1.807) is 4.31 Å². The second-order valence-electron chi connectivity index (χ2n) is 5.26. The molecule has 2 rings (SSSR count). The standard InChI is InChI=1S/C12H22N4O2S/c1-4-10-14-9-11(15-10)19(17,18)16-7-5-12(2,13-3)6-8-16/h9,13H,4-8H2,1-3H3,(H,14,15). The van der Waals surface area contributed by atoms with Gasteiger partial charge in [0.15, 0.2) is 5.03 Å². The van der Waals surface area contributed by atoms with E-state index in [0.717, 1.165) is 12.8 Å². The lowest BCUT2D eigenvalue weighted by Crippen LogP contribution is -2.51. The summed E-state index contributed by atoms with van der Waals surface area (Å²) in [6.07, 6.45) is 3.75. The van der Waals surface area contributed by atoms with Gasteiger partial charge in [0.05, 0.1) is 6.20 Å². The lowest BCUT2D eigenvalue weighted by atomic mass is 9.91. The monoisotopic (exact) mass is 286 g/mol. The van der Waals surface area contributed by atoms with Gasteiger partial charge in [-0.3, -0.25) is 0 Å². The van der Waals surface area contributed by atoms with Gasteiger partial charge in [0.1, 0.15) is 5.82 Å². The molecule has 7 heteroatoms. The molecule has 0 saturated carbocycles. The minimum atomic E-state index is -3.42. The molecule has 2 heterocycles. The van der Waals surface area contributed by atoms with Gasteiger partial charge in [-0.15, -0.1) is 0 Å². The molecule has 0 radical (unpaired) electrons. The van der Waals surface area contributed by atoms with E-state index in [1.807, 2.05) is 14.0 Å². The molecule has 1 aliphatic rings. The van der Waals surface area contributed by atoms with Gasteiger partial charge in [-0.25, -0.2) is 13.4 Å². The molecule has 1 saturated heterocycles. The number of sulfonamides is 1. The molecule has 1 aliphatic heterocycles. The predicted molar refractivity (Wildman–Crippen MR) is 73.4 cm³/mol. The first kappa shape index (κ1) is 14.5. The molecular formula is C12H22N4O2S. The Labute approximate surface area is 114 Å². The summed E-state index contributed by atoms with van der Waals surface area (Å²) < 4.78 is 26.4. The molecule has 0 aliphatic carbocycles. The highest BCUT2D eigenvalue weighted by Crippen LogP contribution is 2.25. The number of piperidine rings is 1. The second-order valence-corrected chi connectivity index (χ2v) is 7.17. The molecule has 1 aromatic rings. The highest BCUT2D eigenvalue weighted by Gasteiger charge is 2.35. The van der Waals surface area contributed by atoms with Crippen molar-refractivity contribution in [3.8, 4) is 0 Å². The maximum Gasteiger partial charge on any atom is 0.260 e. The number of nitrogens with zero attached hydrogens (tertiary/aromatic N) is 2. The number of aryl methyl sites for hydroxylation is 1. The molecule has 0 bridgehead atoms. The Morgan fingerprint density at radius 2 is 2.11 bits per heavy atom. The first-order valence-corrected chi connectivity index (χ1v) is 8.08. The van der Waals surface area contributed by atoms with E-state index >= 15 is 0 Å². The normalized spacial score (nSPS) is 20.6. The topological polar surface area (TPSA) is 78.1 Å². The molecule has 19 heavy (non-hydrogen) atoms. The van der Waals surface area contributed by atoms with Crippen LogP contribution in [-0.4, -0.2) is 48.4 Å². The number of aromatic nitrogens is 2. The van der Waals surface area contributed by atoms with Crippen LogP contribution in [0.1, 0.15) is 32.5 Å². The van der Waals surface area contributed by atoms with Crippen molar-refractivity contribution >= 4 is 10.0 Å². The van der Waals surface area contributed by atoms with E-state index in [2.05, 4.69) is 22.2 Å². The molecule has 1 fully saturated rings. The fourth-order valence-electron chi connectivity index (χ4n) is 2.26. The lowest BCUT2D eigenvalue weighted by molar-refractivity contribution is 0.219. The number of H-pyrrole nitrogens is 1. The third kappa shape index (κ3) is 2.82. The van der Waals surface area contributed by atoms with Gasteiger partial charge in [-0.05, 0) is 26.8 Å². The van der Waals surface area contributed by atoms with Crippen molar-refractivity contribution in [3.05, 3.63) is 12.0 Å². The van der Waals surface area contributed by atoms with Crippen LogP contribution in [0.3, 0.4) is 0 Å². The van der Waals surface area contributed by atoms with Crippen molar-refractivity contribution < 1.29 is 8.42 Å². The van der Waals surface area contributed by atoms with Gasteiger partial charge in [0.2, 0.25) is 0 Å². The Bertz CT molecular complexity index is 530. The number of rotatable bonds is 4. The molecule has 0 aromatic carbocycles. The van der Waals surface area contributed by atoms with E-state index < -0.39 is 10.0 Å².